The maximum absolute atomic E-state index is 13.5. The van der Waals surface area contributed by atoms with E-state index in [9.17, 15) is 24.0 Å². The van der Waals surface area contributed by atoms with E-state index in [0.717, 1.165) is 99.8 Å². The van der Waals surface area contributed by atoms with Crippen molar-refractivity contribution in [3.05, 3.63) is 81.8 Å². The fourth-order valence-electron chi connectivity index (χ4n) is 10.6. The number of carbonyl (C=O) groups excluding carboxylic acids is 5. The van der Waals surface area contributed by atoms with Crippen molar-refractivity contribution in [2.75, 3.05) is 60.5 Å². The van der Waals surface area contributed by atoms with Crippen LogP contribution in [0.25, 0.3) is 4.85 Å². The van der Waals surface area contributed by atoms with Gasteiger partial charge in [0.25, 0.3) is 17.7 Å². The van der Waals surface area contributed by atoms with Crippen molar-refractivity contribution < 1.29 is 24.0 Å². The Morgan fingerprint density at radius 1 is 0.814 bits per heavy atom. The summed E-state index contributed by atoms with van der Waals surface area (Å²) in [6, 6.07) is 14.2. The smallest absolute Gasteiger partial charge is 0.274 e. The number of aromatic nitrogens is 2. The fourth-order valence-corrected chi connectivity index (χ4v) is 10.8. The summed E-state index contributed by atoms with van der Waals surface area (Å²) in [6.45, 7) is 15.3. The molecule has 6 aliphatic heterocycles. The predicted molar refractivity (Wildman–Crippen MR) is 222 cm³/mol. The number of amides is 5. The first-order chi connectivity index (χ1) is 28.5. The summed E-state index contributed by atoms with van der Waals surface area (Å²) >= 11 is 6.38. The highest BCUT2D eigenvalue weighted by Gasteiger charge is 2.46. The second-order valence-electron chi connectivity index (χ2n) is 17.3. The lowest BCUT2D eigenvalue weighted by molar-refractivity contribution is -0.136. The molecule has 3 aromatic rings. The number of carbonyl (C=O) groups is 5. The monoisotopic (exact) mass is 817 g/mol. The molecule has 2 aromatic carbocycles. The second kappa shape index (κ2) is 15.6. The average molecular weight is 818 g/mol. The van der Waals surface area contributed by atoms with Crippen LogP contribution in [0.15, 0.2) is 48.5 Å². The number of likely N-dealkylation sites (tertiary alicyclic amines) is 1. The van der Waals surface area contributed by atoms with Gasteiger partial charge in [0.05, 0.1) is 17.7 Å². The Morgan fingerprint density at radius 2 is 1.51 bits per heavy atom. The minimum Gasteiger partial charge on any atom is -0.371 e. The van der Waals surface area contributed by atoms with Crippen LogP contribution in [-0.4, -0.2) is 107 Å². The van der Waals surface area contributed by atoms with Gasteiger partial charge in [-0.25, -0.2) is 4.85 Å². The molecule has 7 heterocycles. The summed E-state index contributed by atoms with van der Waals surface area (Å²) in [4.78, 5) is 77.5. The third kappa shape index (κ3) is 7.28. The Hall–Kier alpha value is -5.55. The summed E-state index contributed by atoms with van der Waals surface area (Å²) in [7, 11) is 0. The largest absolute Gasteiger partial charge is 0.371 e. The number of piperidine rings is 4. The van der Waals surface area contributed by atoms with Crippen molar-refractivity contribution in [1.82, 2.24) is 25.3 Å². The molecule has 0 radical (unpaired) electrons. The van der Waals surface area contributed by atoms with Gasteiger partial charge in [-0.3, -0.25) is 34.2 Å². The van der Waals surface area contributed by atoms with Crippen molar-refractivity contribution in [1.29, 1.82) is 0 Å². The number of nitrogens with zero attached hydrogens (tertiary/aromatic N) is 8. The number of benzene rings is 2. The molecule has 5 fully saturated rings. The molecule has 5 amide bonds. The zero-order chi connectivity index (χ0) is 41.0. The van der Waals surface area contributed by atoms with Gasteiger partial charge in [0.1, 0.15) is 6.04 Å². The van der Waals surface area contributed by atoms with Gasteiger partial charge >= 0.3 is 0 Å². The third-order valence-electron chi connectivity index (χ3n) is 14.0. The molecule has 306 valence electrons. The first kappa shape index (κ1) is 38.9. The molecule has 1 spiro atoms. The molecule has 1 aromatic heterocycles. The van der Waals surface area contributed by atoms with E-state index in [2.05, 4.69) is 42.0 Å². The van der Waals surface area contributed by atoms with Crippen molar-refractivity contribution in [2.45, 2.75) is 76.8 Å². The van der Waals surface area contributed by atoms with E-state index in [-0.39, 0.29) is 29.7 Å². The van der Waals surface area contributed by atoms with E-state index in [1.165, 1.54) is 0 Å². The Morgan fingerprint density at radius 3 is 2.17 bits per heavy atom. The SMILES string of the molecule is [C-]#[N+]c1ccc(N2CC3(CCN(c4ccc(C(=O)N5CCC(C6CCN(c7ccc8c(c7)C(=O)N(C7CCC(=O)NC7=O)C8=O)CC6)CC5)nn4)CC3)C[C@@H]2C)cc1Cl. The predicted octanol–water partition coefficient (Wildman–Crippen LogP) is 5.74. The van der Waals surface area contributed by atoms with Crippen LogP contribution in [-0.2, 0) is 9.59 Å². The molecule has 0 bridgehead atoms. The number of fused-ring (bicyclic) bond motifs is 1. The summed E-state index contributed by atoms with van der Waals surface area (Å²) < 4.78 is 0. The lowest BCUT2D eigenvalue weighted by atomic mass is 9.77. The summed E-state index contributed by atoms with van der Waals surface area (Å²) in [5.74, 6) is -0.190. The van der Waals surface area contributed by atoms with Gasteiger partial charge in [0.15, 0.2) is 11.5 Å². The Bertz CT molecular complexity index is 2240. The molecule has 0 aliphatic carbocycles. The number of rotatable bonds is 6. The van der Waals surface area contributed by atoms with Crippen LogP contribution in [0.4, 0.5) is 22.9 Å². The van der Waals surface area contributed by atoms with Crippen LogP contribution in [0.5, 0.6) is 0 Å². The van der Waals surface area contributed by atoms with E-state index in [1.54, 1.807) is 12.1 Å². The van der Waals surface area contributed by atoms with E-state index in [1.807, 2.05) is 41.3 Å². The summed E-state index contributed by atoms with van der Waals surface area (Å²) in [5, 5.41) is 11.7. The molecular weight excluding hydrogens is 770 g/mol. The number of imide groups is 2. The Balaban J connectivity index is 0.736. The van der Waals surface area contributed by atoms with Crippen molar-refractivity contribution >= 4 is 64.0 Å². The van der Waals surface area contributed by atoms with Crippen LogP contribution in [0.1, 0.15) is 95.9 Å². The quantitative estimate of drug-likeness (QED) is 0.242. The maximum atomic E-state index is 13.5. The lowest BCUT2D eigenvalue weighted by Crippen LogP contribution is -2.54. The average Bonchev–Trinajstić information content (AvgIpc) is 3.71. The highest BCUT2D eigenvalue weighted by Crippen LogP contribution is 2.46. The minimum absolute atomic E-state index is 0.0692. The van der Waals surface area contributed by atoms with Crippen molar-refractivity contribution in [2.24, 2.45) is 17.3 Å². The molecule has 59 heavy (non-hydrogen) atoms. The van der Waals surface area contributed by atoms with E-state index in [0.29, 0.717) is 52.9 Å². The highest BCUT2D eigenvalue weighted by atomic mass is 35.5. The number of hydrogen-bond donors (Lipinski definition) is 1. The molecule has 6 aliphatic rings. The van der Waals surface area contributed by atoms with E-state index < -0.39 is 29.7 Å². The van der Waals surface area contributed by atoms with Gasteiger partial charge in [-0.15, -0.1) is 10.2 Å². The first-order valence-electron chi connectivity index (χ1n) is 20.9. The third-order valence-corrected chi connectivity index (χ3v) is 14.3. The maximum Gasteiger partial charge on any atom is 0.274 e. The molecule has 14 nitrogen and oxygen atoms in total. The van der Waals surface area contributed by atoms with Gasteiger partial charge in [-0.1, -0.05) is 17.7 Å². The highest BCUT2D eigenvalue weighted by molar-refractivity contribution is 6.33. The van der Waals surface area contributed by atoms with Crippen molar-refractivity contribution in [3.63, 3.8) is 0 Å². The normalized spacial score (nSPS) is 23.8. The first-order valence-corrected chi connectivity index (χ1v) is 21.3. The van der Waals surface area contributed by atoms with Crippen LogP contribution >= 0.6 is 11.6 Å². The van der Waals surface area contributed by atoms with Gasteiger partial charge in [0.2, 0.25) is 17.5 Å². The standard InChI is InChI=1S/C44H48ClN9O5/c1-27-25-44(26-53(27)31-4-6-35(46-2)34(45)24-31)15-21-51(22-16-44)38-9-7-36(48-49-38)43(59)52-19-13-29(14-20-52)28-11-17-50(18-12-28)30-3-5-32-33(23-30)42(58)54(41(32)57)37-8-10-39(55)47-40(37)56/h3-7,9,23-24,27-29,37H,8,10-22,25-26H2,1H3,(H,47,55,56)/t27-,37?/m0/s1. The molecule has 1 unspecified atom stereocenters. The fraction of sp³-hybridized carbons (Fsp3) is 0.500. The number of nitrogens with one attached hydrogen (secondary N) is 1. The minimum atomic E-state index is -0.979. The molecule has 1 N–H and O–H groups in total. The second-order valence-corrected chi connectivity index (χ2v) is 17.7. The summed E-state index contributed by atoms with van der Waals surface area (Å²) in [6.07, 6.45) is 7.30. The van der Waals surface area contributed by atoms with E-state index >= 15 is 0 Å². The Labute approximate surface area is 348 Å². The molecular formula is C44H48ClN9O5. The number of anilines is 3. The topological polar surface area (TPSA) is 144 Å². The van der Waals surface area contributed by atoms with Crippen LogP contribution in [0.3, 0.4) is 0 Å². The lowest BCUT2D eigenvalue weighted by Gasteiger charge is -2.41. The molecule has 9 rings (SSSR count). The van der Waals surface area contributed by atoms with Gasteiger partial charge in [-0.2, -0.15) is 0 Å². The van der Waals surface area contributed by atoms with Gasteiger partial charge < -0.3 is 19.6 Å². The van der Waals surface area contributed by atoms with E-state index in [4.69, 9.17) is 18.2 Å². The van der Waals surface area contributed by atoms with Crippen LogP contribution in [0, 0.1) is 23.8 Å². The molecule has 0 saturated carbocycles. The molecule has 5 saturated heterocycles. The number of halogens is 1. The van der Waals surface area contributed by atoms with Crippen molar-refractivity contribution in [3.8, 4) is 0 Å². The van der Waals surface area contributed by atoms with Crippen LogP contribution < -0.4 is 20.0 Å². The van der Waals surface area contributed by atoms with Gasteiger partial charge in [-0.05, 0) is 118 Å². The van der Waals surface area contributed by atoms with Crippen LogP contribution in [0.2, 0.25) is 5.02 Å². The summed E-state index contributed by atoms with van der Waals surface area (Å²) in [5.41, 5.74) is 3.62. The zero-order valence-electron chi connectivity index (χ0n) is 33.2. The molecule has 15 heteroatoms. The molecule has 2 atom stereocenters. The number of hydrogen-bond acceptors (Lipinski definition) is 10. The zero-order valence-corrected chi connectivity index (χ0v) is 34.0. The Kier molecular flexibility index (Phi) is 10.3. The van der Waals surface area contributed by atoms with Gasteiger partial charge in [0, 0.05) is 74.7 Å².